The Balaban J connectivity index is 3.61. The number of terminal acetylenes is 1. The molecular weight excluding hydrogens is 266 g/mol. The molecule has 0 aromatic heterocycles. The number of sulfone groups is 1. The van der Waals surface area contributed by atoms with Gasteiger partial charge in [-0.15, -0.1) is 6.42 Å². The number of aryl methyl sites for hydroxylation is 1. The zero-order chi connectivity index (χ0) is 14.8. The van der Waals surface area contributed by atoms with Crippen molar-refractivity contribution in [1.82, 2.24) is 0 Å². The van der Waals surface area contributed by atoms with Crippen LogP contribution in [0.3, 0.4) is 0 Å². The van der Waals surface area contributed by atoms with E-state index in [1.165, 1.54) is 12.1 Å². The molecule has 1 rings (SSSR count). The predicted octanol–water partition coefficient (Wildman–Crippen LogP) is -0.207. The number of nitrogens with two attached hydrogens (primary N) is 2. The molecule has 0 saturated carbocycles. The maximum atomic E-state index is 11.8. The highest BCUT2D eigenvalue weighted by Gasteiger charge is 2.18. The first-order valence-corrected chi connectivity index (χ1v) is 7.01. The van der Waals surface area contributed by atoms with Gasteiger partial charge in [0, 0.05) is 11.8 Å². The Bertz CT molecular complexity index is 708. The second kappa shape index (κ2) is 5.12. The first kappa shape index (κ1) is 14.7. The number of hydrogen-bond acceptors (Lipinski definition) is 3. The molecule has 6 nitrogen and oxygen atoms in total. The second-order valence-electron chi connectivity index (χ2n) is 3.92. The maximum Gasteiger partial charge on any atom is 0.281 e. The number of carbonyl (C=O) groups is 1. The van der Waals surface area contributed by atoms with Crippen molar-refractivity contribution in [2.75, 3.05) is 6.26 Å². The van der Waals surface area contributed by atoms with Crippen LogP contribution in [0.15, 0.2) is 22.0 Å². The molecule has 7 heteroatoms. The molecule has 0 radical (unpaired) electrons. The molecule has 1 aromatic rings. The molecule has 4 N–H and O–H groups in total. The molecule has 19 heavy (non-hydrogen) atoms. The number of carbonyl (C=O) groups excluding carboxylic acids is 1. The normalized spacial score (nSPS) is 10.6. The highest BCUT2D eigenvalue weighted by Crippen LogP contribution is 2.21. The minimum absolute atomic E-state index is 0.0145. The van der Waals surface area contributed by atoms with E-state index in [0.717, 1.165) is 6.26 Å². The van der Waals surface area contributed by atoms with Crippen molar-refractivity contribution in [3.63, 3.8) is 0 Å². The highest BCUT2D eigenvalue weighted by atomic mass is 32.2. The summed E-state index contributed by atoms with van der Waals surface area (Å²) in [5.74, 6) is 1.10. The van der Waals surface area contributed by atoms with E-state index in [2.05, 4.69) is 10.9 Å². The lowest BCUT2D eigenvalue weighted by Gasteiger charge is -2.08. The minimum Gasteiger partial charge on any atom is -0.370 e. The Labute approximate surface area is 111 Å². The van der Waals surface area contributed by atoms with Crippen molar-refractivity contribution >= 4 is 21.7 Å². The van der Waals surface area contributed by atoms with Crippen LogP contribution in [0.4, 0.5) is 0 Å². The summed E-state index contributed by atoms with van der Waals surface area (Å²) in [6.45, 7) is 1.59. The van der Waals surface area contributed by atoms with Crippen LogP contribution in [0.25, 0.3) is 0 Å². The summed E-state index contributed by atoms with van der Waals surface area (Å²) in [7, 11) is -3.47. The Morgan fingerprint density at radius 2 is 1.95 bits per heavy atom. The first-order valence-electron chi connectivity index (χ1n) is 5.12. The third-order valence-corrected chi connectivity index (χ3v) is 3.57. The van der Waals surface area contributed by atoms with E-state index in [0.29, 0.717) is 5.56 Å². The van der Waals surface area contributed by atoms with E-state index < -0.39 is 21.7 Å². The first-order chi connectivity index (χ1) is 8.66. The van der Waals surface area contributed by atoms with Gasteiger partial charge in [0.15, 0.2) is 15.8 Å². The van der Waals surface area contributed by atoms with E-state index in [9.17, 15) is 13.2 Å². The van der Waals surface area contributed by atoms with Crippen LogP contribution in [0.2, 0.25) is 0 Å². The van der Waals surface area contributed by atoms with Gasteiger partial charge in [0.25, 0.3) is 5.91 Å². The van der Waals surface area contributed by atoms with E-state index >= 15 is 0 Å². The Kier molecular flexibility index (Phi) is 3.97. The van der Waals surface area contributed by atoms with Crippen LogP contribution in [-0.2, 0) is 9.84 Å². The van der Waals surface area contributed by atoms with Crippen molar-refractivity contribution < 1.29 is 13.2 Å². The standard InChI is InChI=1S/C12H13N3O3S/c1-4-8-5-7(2)10(19(3,17)18)6-9(8)11(16)15-12(13)14/h1,5-6H,2-3H3,(H4,13,14,15,16). The number of nitrogens with zero attached hydrogens (tertiary/aromatic N) is 1. The number of guanidine groups is 1. The van der Waals surface area contributed by atoms with Crippen LogP contribution >= 0.6 is 0 Å². The van der Waals surface area contributed by atoms with Crippen molar-refractivity contribution in [3.05, 3.63) is 28.8 Å². The fraction of sp³-hybridized carbons (Fsp3) is 0.167. The molecule has 1 amide bonds. The van der Waals surface area contributed by atoms with Gasteiger partial charge in [-0.05, 0) is 24.6 Å². The van der Waals surface area contributed by atoms with Gasteiger partial charge in [-0.3, -0.25) is 4.79 Å². The summed E-state index contributed by atoms with van der Waals surface area (Å²) in [4.78, 5) is 15.2. The molecular formula is C12H13N3O3S. The van der Waals surface area contributed by atoms with Crippen LogP contribution in [0.5, 0.6) is 0 Å². The summed E-state index contributed by atoms with van der Waals surface area (Å²) >= 11 is 0. The lowest BCUT2D eigenvalue weighted by Crippen LogP contribution is -2.24. The van der Waals surface area contributed by atoms with Gasteiger partial charge >= 0.3 is 0 Å². The average Bonchev–Trinajstić information content (AvgIpc) is 2.25. The third kappa shape index (κ3) is 3.33. The largest absolute Gasteiger partial charge is 0.370 e. The molecule has 100 valence electrons. The SMILES string of the molecule is C#Cc1cc(C)c(S(C)(=O)=O)cc1C(=O)N=C(N)N. The molecule has 0 unspecified atom stereocenters. The van der Waals surface area contributed by atoms with Crippen LogP contribution < -0.4 is 11.5 Å². The zero-order valence-electron chi connectivity index (χ0n) is 10.5. The van der Waals surface area contributed by atoms with E-state index in [1.54, 1.807) is 6.92 Å². The Morgan fingerprint density at radius 1 is 1.37 bits per heavy atom. The van der Waals surface area contributed by atoms with Gasteiger partial charge in [0.1, 0.15) is 0 Å². The molecule has 0 aliphatic rings. The molecule has 0 aliphatic heterocycles. The number of rotatable bonds is 2. The molecule has 0 aliphatic carbocycles. The lowest BCUT2D eigenvalue weighted by atomic mass is 10.0. The number of benzene rings is 1. The summed E-state index contributed by atoms with van der Waals surface area (Å²) in [5.41, 5.74) is 10.9. The van der Waals surface area contributed by atoms with Gasteiger partial charge in [-0.1, -0.05) is 5.92 Å². The summed E-state index contributed by atoms with van der Waals surface area (Å²) in [6, 6.07) is 2.63. The highest BCUT2D eigenvalue weighted by molar-refractivity contribution is 7.90. The fourth-order valence-electron chi connectivity index (χ4n) is 1.56. The quantitative estimate of drug-likeness (QED) is 0.441. The third-order valence-electron chi connectivity index (χ3n) is 2.33. The zero-order valence-corrected chi connectivity index (χ0v) is 11.3. The number of amides is 1. The average molecular weight is 279 g/mol. The molecule has 0 bridgehead atoms. The van der Waals surface area contributed by atoms with E-state index in [1.807, 2.05) is 0 Å². The fourth-order valence-corrected chi connectivity index (χ4v) is 2.54. The van der Waals surface area contributed by atoms with Crippen LogP contribution in [0, 0.1) is 19.3 Å². The minimum atomic E-state index is -3.47. The summed E-state index contributed by atoms with van der Waals surface area (Å²) in [5, 5.41) is 0. The van der Waals surface area contributed by atoms with E-state index in [-0.39, 0.29) is 16.0 Å². The van der Waals surface area contributed by atoms with Gasteiger partial charge in [0.2, 0.25) is 0 Å². The molecule has 0 atom stereocenters. The summed E-state index contributed by atoms with van der Waals surface area (Å²) < 4.78 is 23.2. The van der Waals surface area contributed by atoms with E-state index in [4.69, 9.17) is 17.9 Å². The van der Waals surface area contributed by atoms with Crippen molar-refractivity contribution in [2.45, 2.75) is 11.8 Å². The lowest BCUT2D eigenvalue weighted by molar-refractivity contribution is 0.100. The monoisotopic (exact) mass is 279 g/mol. The molecule has 0 spiro atoms. The van der Waals surface area contributed by atoms with Gasteiger partial charge in [-0.2, -0.15) is 4.99 Å². The van der Waals surface area contributed by atoms with Crippen LogP contribution in [0.1, 0.15) is 21.5 Å². The van der Waals surface area contributed by atoms with Gasteiger partial charge < -0.3 is 11.5 Å². The molecule has 0 fully saturated rings. The summed E-state index contributed by atoms with van der Waals surface area (Å²) in [6.07, 6.45) is 6.33. The Morgan fingerprint density at radius 3 is 2.37 bits per heavy atom. The molecule has 0 saturated heterocycles. The predicted molar refractivity (Wildman–Crippen MR) is 72.4 cm³/mol. The number of hydrogen-bond donors (Lipinski definition) is 2. The number of aliphatic imine (C=N–C) groups is 1. The van der Waals surface area contributed by atoms with Gasteiger partial charge in [0.05, 0.1) is 10.5 Å². The molecule has 1 aromatic carbocycles. The van der Waals surface area contributed by atoms with Gasteiger partial charge in [-0.25, -0.2) is 8.42 Å². The topological polar surface area (TPSA) is 116 Å². The van der Waals surface area contributed by atoms with Crippen molar-refractivity contribution in [2.24, 2.45) is 16.5 Å². The van der Waals surface area contributed by atoms with Crippen molar-refractivity contribution in [1.29, 1.82) is 0 Å². The van der Waals surface area contributed by atoms with Crippen molar-refractivity contribution in [3.8, 4) is 12.3 Å². The second-order valence-corrected chi connectivity index (χ2v) is 5.91. The smallest absolute Gasteiger partial charge is 0.281 e. The van der Waals surface area contributed by atoms with Crippen LogP contribution in [-0.4, -0.2) is 26.5 Å². The molecule has 0 heterocycles. The Hall–Kier alpha value is -2.33. The maximum absolute atomic E-state index is 11.8.